The molecule has 5 heteroatoms. The molecule has 0 amide bonds. The summed E-state index contributed by atoms with van der Waals surface area (Å²) in [6.45, 7) is 7.05. The summed E-state index contributed by atoms with van der Waals surface area (Å²) in [7, 11) is -3.14. The first-order valence-electron chi connectivity index (χ1n) is 5.97. The first-order chi connectivity index (χ1) is 7.97. The number of nitrogens with one attached hydrogen (secondary N) is 1. The van der Waals surface area contributed by atoms with Crippen molar-refractivity contribution in [2.75, 3.05) is 12.3 Å². The Morgan fingerprint density at radius 2 is 2.12 bits per heavy atom. The number of hydrogen-bond acceptors (Lipinski definition) is 4. The monoisotopic (exact) mass is 275 g/mol. The van der Waals surface area contributed by atoms with E-state index < -0.39 is 9.84 Å². The van der Waals surface area contributed by atoms with Crippen molar-refractivity contribution in [2.24, 2.45) is 5.92 Å². The molecule has 0 aliphatic rings. The van der Waals surface area contributed by atoms with Crippen molar-refractivity contribution >= 4 is 21.2 Å². The zero-order valence-electron chi connectivity index (χ0n) is 10.6. The number of rotatable bonds is 7. The van der Waals surface area contributed by atoms with Crippen molar-refractivity contribution in [1.29, 1.82) is 0 Å². The van der Waals surface area contributed by atoms with Crippen molar-refractivity contribution in [1.82, 2.24) is 5.32 Å². The van der Waals surface area contributed by atoms with E-state index in [9.17, 15) is 8.42 Å². The van der Waals surface area contributed by atoms with E-state index in [-0.39, 0.29) is 11.8 Å². The summed E-state index contributed by atoms with van der Waals surface area (Å²) in [5.74, 6) is 0.502. The van der Waals surface area contributed by atoms with Gasteiger partial charge in [0.1, 0.15) is 4.21 Å². The summed E-state index contributed by atoms with van der Waals surface area (Å²) in [5, 5.41) is 5.11. The molecule has 0 saturated carbocycles. The Bertz CT molecular complexity index is 410. The minimum atomic E-state index is -3.14. The molecule has 1 aromatic rings. The fraction of sp³-hybridized carbons (Fsp3) is 0.667. The quantitative estimate of drug-likeness (QED) is 0.832. The number of thiophene rings is 1. The van der Waals surface area contributed by atoms with Crippen LogP contribution in [0.2, 0.25) is 0 Å². The van der Waals surface area contributed by atoms with Crippen molar-refractivity contribution in [3.05, 3.63) is 17.5 Å². The van der Waals surface area contributed by atoms with Gasteiger partial charge in [0.05, 0.1) is 5.75 Å². The van der Waals surface area contributed by atoms with Gasteiger partial charge in [0.2, 0.25) is 0 Å². The largest absolute Gasteiger partial charge is 0.313 e. The van der Waals surface area contributed by atoms with E-state index in [4.69, 9.17) is 0 Å². The van der Waals surface area contributed by atoms with Crippen LogP contribution in [-0.4, -0.2) is 26.8 Å². The molecule has 3 nitrogen and oxygen atoms in total. The highest BCUT2D eigenvalue weighted by Gasteiger charge is 2.23. The van der Waals surface area contributed by atoms with Crippen LogP contribution in [0, 0.1) is 5.92 Å². The molecule has 1 rings (SSSR count). The molecule has 1 unspecified atom stereocenters. The van der Waals surface area contributed by atoms with E-state index in [1.54, 1.807) is 17.5 Å². The predicted octanol–water partition coefficient (Wildman–Crippen LogP) is 2.55. The molecule has 0 aliphatic carbocycles. The van der Waals surface area contributed by atoms with Gasteiger partial charge >= 0.3 is 0 Å². The standard InChI is InChI=1S/C12H21NO2S2/c1-4-7-13-11(10(2)3)9-17(14,15)12-6-5-8-16-12/h5-6,8,10-11,13H,4,7,9H2,1-3H3. The van der Waals surface area contributed by atoms with Crippen LogP contribution in [0.4, 0.5) is 0 Å². The van der Waals surface area contributed by atoms with E-state index in [1.165, 1.54) is 11.3 Å². The second-order valence-electron chi connectivity index (χ2n) is 4.52. The lowest BCUT2D eigenvalue weighted by molar-refractivity contribution is 0.426. The second kappa shape index (κ2) is 6.52. The van der Waals surface area contributed by atoms with Crippen molar-refractivity contribution < 1.29 is 8.42 Å². The minimum absolute atomic E-state index is 0.0297. The Balaban J connectivity index is 2.73. The lowest BCUT2D eigenvalue weighted by Crippen LogP contribution is -2.40. The Hall–Kier alpha value is -0.390. The van der Waals surface area contributed by atoms with Crippen LogP contribution >= 0.6 is 11.3 Å². The molecule has 0 radical (unpaired) electrons. The maximum absolute atomic E-state index is 12.1. The zero-order valence-corrected chi connectivity index (χ0v) is 12.3. The van der Waals surface area contributed by atoms with Crippen LogP contribution in [0.25, 0.3) is 0 Å². The van der Waals surface area contributed by atoms with Gasteiger partial charge in [0.25, 0.3) is 0 Å². The van der Waals surface area contributed by atoms with E-state index in [1.807, 2.05) is 0 Å². The highest BCUT2D eigenvalue weighted by Crippen LogP contribution is 2.19. The predicted molar refractivity (Wildman–Crippen MR) is 73.3 cm³/mol. The van der Waals surface area contributed by atoms with Crippen molar-refractivity contribution in [3.63, 3.8) is 0 Å². The van der Waals surface area contributed by atoms with Crippen molar-refractivity contribution in [2.45, 2.75) is 37.4 Å². The van der Waals surface area contributed by atoms with Gasteiger partial charge in [-0.15, -0.1) is 11.3 Å². The normalized spacial score (nSPS) is 14.1. The fourth-order valence-corrected chi connectivity index (χ4v) is 4.41. The fourth-order valence-electron chi connectivity index (χ4n) is 1.58. The first kappa shape index (κ1) is 14.7. The maximum atomic E-state index is 12.1. The lowest BCUT2D eigenvalue weighted by atomic mass is 10.1. The molecule has 1 aromatic heterocycles. The first-order valence-corrected chi connectivity index (χ1v) is 8.50. The minimum Gasteiger partial charge on any atom is -0.313 e. The van der Waals surface area contributed by atoms with Gasteiger partial charge in [-0.2, -0.15) is 0 Å². The van der Waals surface area contributed by atoms with E-state index in [0.717, 1.165) is 13.0 Å². The van der Waals surface area contributed by atoms with E-state index >= 15 is 0 Å². The highest BCUT2D eigenvalue weighted by atomic mass is 32.2. The Kier molecular flexibility index (Phi) is 5.62. The van der Waals surface area contributed by atoms with Gasteiger partial charge in [-0.05, 0) is 30.3 Å². The highest BCUT2D eigenvalue weighted by molar-refractivity contribution is 7.93. The Morgan fingerprint density at radius 3 is 2.59 bits per heavy atom. The molecule has 1 N–H and O–H groups in total. The van der Waals surface area contributed by atoms with Crippen LogP contribution in [-0.2, 0) is 9.84 Å². The average Bonchev–Trinajstić information content (AvgIpc) is 2.77. The molecule has 0 fully saturated rings. The molecule has 1 atom stereocenters. The van der Waals surface area contributed by atoms with Crippen LogP contribution in [0.5, 0.6) is 0 Å². The van der Waals surface area contributed by atoms with Gasteiger partial charge in [-0.3, -0.25) is 0 Å². The molecule has 0 saturated heterocycles. The SMILES string of the molecule is CCCNC(CS(=O)(=O)c1cccs1)C(C)C. The topological polar surface area (TPSA) is 46.2 Å². The molecule has 1 heterocycles. The molecule has 17 heavy (non-hydrogen) atoms. The van der Waals surface area contributed by atoms with E-state index in [2.05, 4.69) is 26.1 Å². The summed E-state index contributed by atoms with van der Waals surface area (Å²) in [6, 6.07) is 3.49. The lowest BCUT2D eigenvalue weighted by Gasteiger charge is -2.21. The Labute approximate surface area is 108 Å². The molecule has 0 aromatic carbocycles. The van der Waals surface area contributed by atoms with Gasteiger partial charge in [0, 0.05) is 6.04 Å². The van der Waals surface area contributed by atoms with E-state index in [0.29, 0.717) is 10.1 Å². The van der Waals surface area contributed by atoms with Gasteiger partial charge in [-0.25, -0.2) is 8.42 Å². The summed E-state index contributed by atoms with van der Waals surface area (Å²) in [4.78, 5) is 0. The molecular weight excluding hydrogens is 254 g/mol. The molecule has 0 spiro atoms. The molecule has 0 aliphatic heterocycles. The second-order valence-corrected chi connectivity index (χ2v) is 7.73. The van der Waals surface area contributed by atoms with Crippen molar-refractivity contribution in [3.8, 4) is 0 Å². The van der Waals surface area contributed by atoms with Crippen LogP contribution < -0.4 is 5.32 Å². The van der Waals surface area contributed by atoms with Crippen LogP contribution in [0.15, 0.2) is 21.7 Å². The molecule has 98 valence electrons. The third-order valence-electron chi connectivity index (χ3n) is 2.66. The third-order valence-corrected chi connectivity index (χ3v) is 5.92. The maximum Gasteiger partial charge on any atom is 0.189 e. The average molecular weight is 275 g/mol. The molecule has 0 bridgehead atoms. The summed E-state index contributed by atoms with van der Waals surface area (Å²) < 4.78 is 24.8. The molecular formula is C12H21NO2S2. The van der Waals surface area contributed by atoms with Crippen LogP contribution in [0.1, 0.15) is 27.2 Å². The third kappa shape index (κ3) is 4.41. The smallest absolute Gasteiger partial charge is 0.189 e. The zero-order chi connectivity index (χ0) is 12.9. The number of sulfone groups is 1. The van der Waals surface area contributed by atoms with Gasteiger partial charge in [0.15, 0.2) is 9.84 Å². The van der Waals surface area contributed by atoms with Gasteiger partial charge in [-0.1, -0.05) is 26.8 Å². The summed E-state index contributed by atoms with van der Waals surface area (Å²) >= 11 is 1.29. The summed E-state index contributed by atoms with van der Waals surface area (Å²) in [6.07, 6.45) is 1.02. The van der Waals surface area contributed by atoms with Gasteiger partial charge < -0.3 is 5.32 Å². The number of hydrogen-bond donors (Lipinski definition) is 1. The summed E-state index contributed by atoms with van der Waals surface area (Å²) in [5.41, 5.74) is 0. The van der Waals surface area contributed by atoms with Crippen LogP contribution in [0.3, 0.4) is 0 Å². The Morgan fingerprint density at radius 1 is 1.41 bits per heavy atom.